The minimum absolute atomic E-state index is 0.0552. The maximum Gasteiger partial charge on any atom is 0.313 e. The molecule has 0 aliphatic heterocycles. The summed E-state index contributed by atoms with van der Waals surface area (Å²) in [5, 5.41) is 19.9. The van der Waals surface area contributed by atoms with Crippen LogP contribution in [0, 0.1) is 21.4 Å². The summed E-state index contributed by atoms with van der Waals surface area (Å²) in [6.07, 6.45) is 0.254. The average Bonchev–Trinajstić information content (AvgIpc) is 2.61. The number of nitro groups is 1. The predicted molar refractivity (Wildman–Crippen MR) is 91.8 cm³/mol. The van der Waals surface area contributed by atoms with Crippen molar-refractivity contribution in [3.8, 4) is 17.6 Å². The molecule has 128 valence electrons. The van der Waals surface area contributed by atoms with Crippen LogP contribution in [0.15, 0.2) is 42.5 Å². The largest absolute Gasteiger partial charge is 0.450 e. The first kappa shape index (κ1) is 18.2. The zero-order valence-electron chi connectivity index (χ0n) is 13.3. The van der Waals surface area contributed by atoms with Gasteiger partial charge >= 0.3 is 5.69 Å². The van der Waals surface area contributed by atoms with E-state index < -0.39 is 4.92 Å². The molecule has 0 aliphatic rings. The highest BCUT2D eigenvalue weighted by Gasteiger charge is 2.17. The molecular formula is C17H14ClN3O4. The third-order valence-corrected chi connectivity index (χ3v) is 3.59. The van der Waals surface area contributed by atoms with Gasteiger partial charge in [0.25, 0.3) is 5.91 Å². The normalized spacial score (nSPS) is 9.96. The highest BCUT2D eigenvalue weighted by atomic mass is 35.5. The number of hydrogen-bond acceptors (Lipinski definition) is 5. The van der Waals surface area contributed by atoms with Crippen molar-refractivity contribution in [2.24, 2.45) is 0 Å². The minimum atomic E-state index is -0.580. The molecule has 25 heavy (non-hydrogen) atoms. The van der Waals surface area contributed by atoms with Gasteiger partial charge in [-0.15, -0.1) is 0 Å². The van der Waals surface area contributed by atoms with E-state index in [2.05, 4.69) is 0 Å². The van der Waals surface area contributed by atoms with Gasteiger partial charge in [-0.05, 0) is 36.4 Å². The Morgan fingerprint density at radius 2 is 2.00 bits per heavy atom. The summed E-state index contributed by atoms with van der Waals surface area (Å²) >= 11 is 5.76. The second-order valence-electron chi connectivity index (χ2n) is 5.13. The van der Waals surface area contributed by atoms with E-state index in [-0.39, 0.29) is 28.8 Å². The van der Waals surface area contributed by atoms with Crippen LogP contribution in [-0.4, -0.2) is 29.3 Å². The Balaban J connectivity index is 2.15. The zero-order chi connectivity index (χ0) is 18.4. The highest BCUT2D eigenvalue weighted by molar-refractivity contribution is 6.30. The summed E-state index contributed by atoms with van der Waals surface area (Å²) in [6, 6.07) is 12.3. The van der Waals surface area contributed by atoms with Crippen LogP contribution in [0.3, 0.4) is 0 Å². The Morgan fingerprint density at radius 1 is 1.32 bits per heavy atom. The summed E-state index contributed by atoms with van der Waals surface area (Å²) in [7, 11) is 1.61. The van der Waals surface area contributed by atoms with Crippen molar-refractivity contribution in [1.82, 2.24) is 4.90 Å². The lowest BCUT2D eigenvalue weighted by Crippen LogP contribution is -2.27. The Hall–Kier alpha value is -3.11. The van der Waals surface area contributed by atoms with Crippen LogP contribution in [0.25, 0.3) is 0 Å². The summed E-state index contributed by atoms with van der Waals surface area (Å²) < 4.78 is 5.52. The molecule has 0 N–H and O–H groups in total. The molecule has 0 bridgehead atoms. The van der Waals surface area contributed by atoms with E-state index >= 15 is 0 Å². The lowest BCUT2D eigenvalue weighted by Gasteiger charge is -2.15. The molecule has 2 aromatic rings. The zero-order valence-corrected chi connectivity index (χ0v) is 14.1. The minimum Gasteiger partial charge on any atom is -0.450 e. The number of benzene rings is 2. The molecule has 8 heteroatoms. The maximum absolute atomic E-state index is 12.2. The summed E-state index contributed by atoms with van der Waals surface area (Å²) in [5.74, 6) is 0.181. The molecule has 0 aliphatic carbocycles. The number of amides is 1. The number of nitro benzene ring substituents is 1. The van der Waals surface area contributed by atoms with Crippen molar-refractivity contribution in [1.29, 1.82) is 5.26 Å². The molecule has 2 rings (SSSR count). The van der Waals surface area contributed by atoms with Gasteiger partial charge in [-0.25, -0.2) is 0 Å². The second-order valence-corrected chi connectivity index (χ2v) is 5.57. The number of carbonyl (C=O) groups is 1. The first-order valence-electron chi connectivity index (χ1n) is 7.26. The molecule has 0 spiro atoms. The Bertz CT molecular complexity index is 831. The lowest BCUT2D eigenvalue weighted by atomic mass is 10.2. The molecule has 7 nitrogen and oxygen atoms in total. The van der Waals surface area contributed by atoms with Crippen LogP contribution in [0.2, 0.25) is 5.02 Å². The van der Waals surface area contributed by atoms with Gasteiger partial charge in [0.2, 0.25) is 5.75 Å². The molecule has 0 heterocycles. The van der Waals surface area contributed by atoms with Gasteiger partial charge < -0.3 is 9.64 Å². The van der Waals surface area contributed by atoms with Crippen molar-refractivity contribution in [3.05, 3.63) is 63.2 Å². The second kappa shape index (κ2) is 8.13. The van der Waals surface area contributed by atoms with E-state index in [9.17, 15) is 14.9 Å². The highest BCUT2D eigenvalue weighted by Crippen LogP contribution is 2.33. The lowest BCUT2D eigenvalue weighted by molar-refractivity contribution is -0.385. The number of ether oxygens (including phenoxy) is 1. The summed E-state index contributed by atoms with van der Waals surface area (Å²) in [4.78, 5) is 24.1. The molecule has 0 aromatic heterocycles. The van der Waals surface area contributed by atoms with Crippen molar-refractivity contribution in [3.63, 3.8) is 0 Å². The number of carbonyl (C=O) groups excluding carboxylic acids is 1. The standard InChI is InChI=1S/C17H14ClN3O4/c1-20(10-2-9-19)17(22)12-3-6-14(7-4-12)25-16-8-5-13(18)11-15(16)21(23)24/h3-8,11H,2,10H2,1H3. The van der Waals surface area contributed by atoms with Crippen LogP contribution < -0.4 is 4.74 Å². The van der Waals surface area contributed by atoms with Gasteiger partial charge in [0.05, 0.1) is 17.4 Å². The fourth-order valence-corrected chi connectivity index (χ4v) is 2.22. The Morgan fingerprint density at radius 3 is 2.60 bits per heavy atom. The van der Waals surface area contributed by atoms with E-state index in [0.29, 0.717) is 17.9 Å². The van der Waals surface area contributed by atoms with E-state index in [1.54, 1.807) is 31.3 Å². The number of nitriles is 1. The smallest absolute Gasteiger partial charge is 0.313 e. The summed E-state index contributed by atoms with van der Waals surface area (Å²) in [6.45, 7) is 0.338. The topological polar surface area (TPSA) is 96.5 Å². The fourth-order valence-electron chi connectivity index (χ4n) is 2.05. The molecule has 0 saturated carbocycles. The number of nitrogens with zero attached hydrogens (tertiary/aromatic N) is 3. The molecule has 0 unspecified atom stereocenters. The van der Waals surface area contributed by atoms with Crippen molar-refractivity contribution < 1.29 is 14.5 Å². The van der Waals surface area contributed by atoms with Gasteiger partial charge in [0.1, 0.15) is 5.75 Å². The maximum atomic E-state index is 12.2. The van der Waals surface area contributed by atoms with Crippen molar-refractivity contribution >= 4 is 23.2 Å². The van der Waals surface area contributed by atoms with Gasteiger partial charge in [-0.3, -0.25) is 14.9 Å². The Labute approximate surface area is 149 Å². The van der Waals surface area contributed by atoms with Crippen LogP contribution in [0.4, 0.5) is 5.69 Å². The van der Waals surface area contributed by atoms with Crippen LogP contribution in [0.5, 0.6) is 11.5 Å². The van der Waals surface area contributed by atoms with Crippen LogP contribution in [-0.2, 0) is 0 Å². The Kier molecular flexibility index (Phi) is 5.93. The number of hydrogen-bond donors (Lipinski definition) is 0. The first-order chi connectivity index (χ1) is 11.9. The van der Waals surface area contributed by atoms with Crippen LogP contribution in [0.1, 0.15) is 16.8 Å². The predicted octanol–water partition coefficient (Wildman–Crippen LogP) is 4.03. The van der Waals surface area contributed by atoms with Gasteiger partial charge in [-0.1, -0.05) is 11.6 Å². The third kappa shape index (κ3) is 4.68. The number of rotatable bonds is 6. The van der Waals surface area contributed by atoms with E-state index in [1.807, 2.05) is 6.07 Å². The van der Waals surface area contributed by atoms with Crippen molar-refractivity contribution in [2.75, 3.05) is 13.6 Å². The molecule has 0 atom stereocenters. The van der Waals surface area contributed by atoms with Gasteiger partial charge in [0, 0.05) is 30.2 Å². The molecule has 0 radical (unpaired) electrons. The molecular weight excluding hydrogens is 346 g/mol. The SMILES string of the molecule is CN(CCC#N)C(=O)c1ccc(Oc2ccc(Cl)cc2[N+](=O)[O-])cc1. The fraction of sp³-hybridized carbons (Fsp3) is 0.176. The van der Waals surface area contributed by atoms with Gasteiger partial charge in [-0.2, -0.15) is 5.26 Å². The number of halogens is 1. The molecule has 2 aromatic carbocycles. The quantitative estimate of drug-likeness (QED) is 0.573. The first-order valence-corrected chi connectivity index (χ1v) is 7.64. The van der Waals surface area contributed by atoms with Crippen molar-refractivity contribution in [2.45, 2.75) is 6.42 Å². The third-order valence-electron chi connectivity index (χ3n) is 3.35. The molecule has 1 amide bonds. The van der Waals surface area contributed by atoms with Crippen LogP contribution >= 0.6 is 11.6 Å². The van der Waals surface area contributed by atoms with E-state index in [1.165, 1.54) is 23.1 Å². The van der Waals surface area contributed by atoms with E-state index in [4.69, 9.17) is 21.6 Å². The molecule has 0 saturated heterocycles. The van der Waals surface area contributed by atoms with E-state index in [0.717, 1.165) is 0 Å². The monoisotopic (exact) mass is 359 g/mol. The summed E-state index contributed by atoms with van der Waals surface area (Å²) in [5.41, 5.74) is 0.183. The molecule has 0 fully saturated rings. The van der Waals surface area contributed by atoms with Gasteiger partial charge in [0.15, 0.2) is 0 Å². The average molecular weight is 360 g/mol.